The van der Waals surface area contributed by atoms with Crippen LogP contribution in [-0.2, 0) is 11.8 Å². The minimum atomic E-state index is 0.0465. The molecule has 0 aliphatic heterocycles. The highest BCUT2D eigenvalue weighted by Gasteiger charge is 2.29. The molecular weight excluding hydrogens is 268 g/mol. The first-order valence-electron chi connectivity index (χ1n) is 5.30. The van der Waals surface area contributed by atoms with Gasteiger partial charge in [-0.05, 0) is 39.4 Å². The number of allylic oxidation sites excluding steroid dienone is 2. The zero-order valence-electron chi connectivity index (χ0n) is 9.75. The van der Waals surface area contributed by atoms with Crippen LogP contribution in [0.3, 0.4) is 0 Å². The summed E-state index contributed by atoms with van der Waals surface area (Å²) in [5.41, 5.74) is 2.14. The molecule has 1 aliphatic carbocycles. The first kappa shape index (κ1) is 11.6. The summed E-state index contributed by atoms with van der Waals surface area (Å²) in [6.07, 6.45) is 5.07. The van der Waals surface area contributed by atoms with Gasteiger partial charge in [0.2, 0.25) is 0 Å². The van der Waals surface area contributed by atoms with Crippen molar-refractivity contribution in [3.05, 3.63) is 22.4 Å². The largest absolute Gasteiger partial charge is 0.295 e. The molecule has 1 aromatic rings. The Morgan fingerprint density at radius 3 is 2.62 bits per heavy atom. The molecule has 1 aliphatic rings. The van der Waals surface area contributed by atoms with E-state index in [4.69, 9.17) is 0 Å². The molecule has 0 spiro atoms. The fourth-order valence-corrected chi connectivity index (χ4v) is 2.87. The van der Waals surface area contributed by atoms with E-state index in [9.17, 15) is 4.79 Å². The van der Waals surface area contributed by atoms with Crippen molar-refractivity contribution >= 4 is 27.3 Å². The van der Waals surface area contributed by atoms with E-state index in [1.165, 1.54) is 0 Å². The molecule has 4 heteroatoms. The summed E-state index contributed by atoms with van der Waals surface area (Å²) in [6.45, 7) is 4.25. The maximum atomic E-state index is 11.7. The van der Waals surface area contributed by atoms with Crippen LogP contribution in [0.4, 0.5) is 0 Å². The first-order chi connectivity index (χ1) is 7.39. The predicted octanol–water partition coefficient (Wildman–Crippen LogP) is 2.96. The SMILES string of the molecule is Cn1ncc(Br)c1C1=CC(=O)CC(C)(C)C1. The number of rotatable bonds is 1. The Morgan fingerprint density at radius 1 is 1.44 bits per heavy atom. The average molecular weight is 283 g/mol. The van der Waals surface area contributed by atoms with Gasteiger partial charge in [0, 0.05) is 13.5 Å². The summed E-state index contributed by atoms with van der Waals surface area (Å²) in [6, 6.07) is 0. The highest BCUT2D eigenvalue weighted by Crippen LogP contribution is 2.39. The topological polar surface area (TPSA) is 34.9 Å². The Bertz CT molecular complexity index is 452. The molecule has 0 saturated heterocycles. The van der Waals surface area contributed by atoms with Gasteiger partial charge in [0.05, 0.1) is 16.4 Å². The van der Waals surface area contributed by atoms with Gasteiger partial charge in [0.15, 0.2) is 5.78 Å². The van der Waals surface area contributed by atoms with Crippen LogP contribution in [0.15, 0.2) is 16.7 Å². The summed E-state index contributed by atoms with van der Waals surface area (Å²) in [4.78, 5) is 11.7. The van der Waals surface area contributed by atoms with E-state index in [2.05, 4.69) is 34.9 Å². The van der Waals surface area contributed by atoms with E-state index < -0.39 is 0 Å². The van der Waals surface area contributed by atoms with Crippen LogP contribution in [-0.4, -0.2) is 15.6 Å². The zero-order valence-corrected chi connectivity index (χ0v) is 11.3. The van der Waals surface area contributed by atoms with Crippen molar-refractivity contribution in [2.75, 3.05) is 0 Å². The van der Waals surface area contributed by atoms with Crippen molar-refractivity contribution in [3.8, 4) is 0 Å². The number of aromatic nitrogens is 2. The fraction of sp³-hybridized carbons (Fsp3) is 0.500. The Morgan fingerprint density at radius 2 is 2.12 bits per heavy atom. The normalized spacial score (nSPS) is 19.8. The molecule has 0 bridgehead atoms. The predicted molar refractivity (Wildman–Crippen MR) is 66.9 cm³/mol. The van der Waals surface area contributed by atoms with Crippen LogP contribution in [0.2, 0.25) is 0 Å². The molecule has 2 rings (SSSR count). The zero-order chi connectivity index (χ0) is 11.9. The Labute approximate surface area is 104 Å². The highest BCUT2D eigenvalue weighted by atomic mass is 79.9. The van der Waals surface area contributed by atoms with E-state index in [0.29, 0.717) is 6.42 Å². The van der Waals surface area contributed by atoms with E-state index >= 15 is 0 Å². The smallest absolute Gasteiger partial charge is 0.156 e. The minimum absolute atomic E-state index is 0.0465. The standard InChI is InChI=1S/C12H15BrN2O/c1-12(2)5-8(4-9(16)6-12)11-10(13)7-14-15(11)3/h4,7H,5-6H2,1-3H3. The van der Waals surface area contributed by atoms with Gasteiger partial charge in [0.25, 0.3) is 0 Å². The molecule has 0 N–H and O–H groups in total. The van der Waals surface area contributed by atoms with E-state index in [1.54, 1.807) is 12.3 Å². The number of hydrogen-bond donors (Lipinski definition) is 0. The van der Waals surface area contributed by atoms with Crippen LogP contribution >= 0.6 is 15.9 Å². The molecule has 0 fully saturated rings. The Kier molecular flexibility index (Phi) is 2.78. The molecule has 0 aromatic carbocycles. The van der Waals surface area contributed by atoms with Crippen LogP contribution in [0, 0.1) is 5.41 Å². The fourth-order valence-electron chi connectivity index (χ4n) is 2.27. The number of carbonyl (C=O) groups is 1. The van der Waals surface area contributed by atoms with Gasteiger partial charge in [-0.1, -0.05) is 13.8 Å². The van der Waals surface area contributed by atoms with Crippen molar-refractivity contribution in [2.24, 2.45) is 12.5 Å². The lowest BCUT2D eigenvalue weighted by molar-refractivity contribution is -0.116. The van der Waals surface area contributed by atoms with Gasteiger partial charge < -0.3 is 0 Å². The lowest BCUT2D eigenvalue weighted by Gasteiger charge is -2.28. The second kappa shape index (κ2) is 3.84. The Balaban J connectivity index is 2.46. The number of aryl methyl sites for hydroxylation is 1. The van der Waals surface area contributed by atoms with Gasteiger partial charge in [-0.3, -0.25) is 9.48 Å². The van der Waals surface area contributed by atoms with Gasteiger partial charge in [-0.2, -0.15) is 5.10 Å². The molecule has 0 amide bonds. The summed E-state index contributed by atoms with van der Waals surface area (Å²) in [7, 11) is 1.90. The van der Waals surface area contributed by atoms with Gasteiger partial charge in [-0.25, -0.2) is 0 Å². The third-order valence-corrected chi connectivity index (χ3v) is 3.44. The molecule has 1 heterocycles. The highest BCUT2D eigenvalue weighted by molar-refractivity contribution is 9.10. The van der Waals surface area contributed by atoms with Crippen molar-refractivity contribution in [2.45, 2.75) is 26.7 Å². The summed E-state index contributed by atoms with van der Waals surface area (Å²) in [5.74, 6) is 0.208. The number of nitrogens with zero attached hydrogens (tertiary/aromatic N) is 2. The molecule has 0 radical (unpaired) electrons. The number of carbonyl (C=O) groups excluding carboxylic acids is 1. The van der Waals surface area contributed by atoms with Gasteiger partial charge >= 0.3 is 0 Å². The Hall–Kier alpha value is -0.900. The molecule has 0 saturated carbocycles. The number of halogens is 1. The van der Waals surface area contributed by atoms with Gasteiger partial charge in [-0.15, -0.1) is 0 Å². The van der Waals surface area contributed by atoms with E-state index in [-0.39, 0.29) is 11.2 Å². The summed E-state index contributed by atoms with van der Waals surface area (Å²) >= 11 is 3.47. The molecule has 3 nitrogen and oxygen atoms in total. The lowest BCUT2D eigenvalue weighted by Crippen LogP contribution is -2.22. The van der Waals surface area contributed by atoms with Crippen molar-refractivity contribution in [1.82, 2.24) is 9.78 Å². The van der Waals surface area contributed by atoms with Crippen LogP contribution in [0.5, 0.6) is 0 Å². The monoisotopic (exact) mass is 282 g/mol. The van der Waals surface area contributed by atoms with Crippen LogP contribution in [0.25, 0.3) is 5.57 Å². The molecule has 16 heavy (non-hydrogen) atoms. The van der Waals surface area contributed by atoms with Crippen LogP contribution in [0.1, 0.15) is 32.4 Å². The summed E-state index contributed by atoms with van der Waals surface area (Å²) in [5, 5.41) is 4.18. The maximum absolute atomic E-state index is 11.7. The van der Waals surface area contributed by atoms with E-state index in [1.807, 2.05) is 11.7 Å². The second-order valence-corrected chi connectivity index (χ2v) is 5.97. The quantitative estimate of drug-likeness (QED) is 0.794. The van der Waals surface area contributed by atoms with E-state index in [0.717, 1.165) is 22.2 Å². The van der Waals surface area contributed by atoms with Crippen LogP contribution < -0.4 is 0 Å². The molecule has 0 unspecified atom stereocenters. The first-order valence-corrected chi connectivity index (χ1v) is 6.10. The van der Waals surface area contributed by atoms with Crippen molar-refractivity contribution in [1.29, 1.82) is 0 Å². The van der Waals surface area contributed by atoms with Gasteiger partial charge in [0.1, 0.15) is 0 Å². The average Bonchev–Trinajstić information content (AvgIpc) is 2.42. The third kappa shape index (κ3) is 2.12. The summed E-state index contributed by atoms with van der Waals surface area (Å²) < 4.78 is 2.76. The molecule has 1 aromatic heterocycles. The number of ketones is 1. The maximum Gasteiger partial charge on any atom is 0.156 e. The van der Waals surface area contributed by atoms with Crippen molar-refractivity contribution < 1.29 is 4.79 Å². The van der Waals surface area contributed by atoms with Crippen molar-refractivity contribution in [3.63, 3.8) is 0 Å². The lowest BCUT2D eigenvalue weighted by atomic mass is 9.76. The second-order valence-electron chi connectivity index (χ2n) is 5.12. The minimum Gasteiger partial charge on any atom is -0.295 e. The number of hydrogen-bond acceptors (Lipinski definition) is 2. The molecular formula is C12H15BrN2O. The molecule has 0 atom stereocenters. The third-order valence-electron chi connectivity index (χ3n) is 2.86. The molecule has 86 valence electrons.